The van der Waals surface area contributed by atoms with Crippen LogP contribution >= 0.6 is 0 Å². The number of aromatic nitrogens is 3. The van der Waals surface area contributed by atoms with Gasteiger partial charge in [0.2, 0.25) is 5.78 Å². The van der Waals surface area contributed by atoms with Gasteiger partial charge in [0.15, 0.2) is 5.69 Å². The van der Waals surface area contributed by atoms with E-state index < -0.39 is 5.97 Å². The third kappa shape index (κ3) is 3.80. The maximum absolute atomic E-state index is 14.1. The van der Waals surface area contributed by atoms with Gasteiger partial charge in [0.05, 0.1) is 37.4 Å². The fraction of sp³-hybridized carbons (Fsp3) is 0.381. The summed E-state index contributed by atoms with van der Waals surface area (Å²) in [4.78, 5) is 23.6. The van der Waals surface area contributed by atoms with E-state index in [4.69, 9.17) is 9.47 Å². The topological polar surface area (TPSA) is 69.0 Å². The van der Waals surface area contributed by atoms with Gasteiger partial charge >= 0.3 is 5.97 Å². The summed E-state index contributed by atoms with van der Waals surface area (Å²) in [7, 11) is 0. The minimum absolute atomic E-state index is 0.210. The summed E-state index contributed by atoms with van der Waals surface area (Å²) in [6.07, 6.45) is 4.01. The maximum atomic E-state index is 14.1. The van der Waals surface area contributed by atoms with E-state index in [1.165, 1.54) is 6.07 Å². The van der Waals surface area contributed by atoms with Crippen LogP contribution in [0.5, 0.6) is 0 Å². The van der Waals surface area contributed by atoms with E-state index >= 15 is 0 Å². The minimum Gasteiger partial charge on any atom is -0.461 e. The molecule has 0 saturated carbocycles. The number of halogens is 1. The van der Waals surface area contributed by atoms with Gasteiger partial charge in [-0.15, -0.1) is 0 Å². The van der Waals surface area contributed by atoms with Crippen LogP contribution in [-0.2, 0) is 15.9 Å². The van der Waals surface area contributed by atoms with Crippen molar-refractivity contribution in [3.05, 3.63) is 58.9 Å². The Balaban J connectivity index is 1.81. The van der Waals surface area contributed by atoms with Crippen molar-refractivity contribution in [1.82, 2.24) is 14.4 Å². The second-order valence-corrected chi connectivity index (χ2v) is 6.91. The number of hydrogen-bond donors (Lipinski definition) is 0. The van der Waals surface area contributed by atoms with Crippen LogP contribution in [0.3, 0.4) is 0 Å². The Hall–Kier alpha value is -3.00. The largest absolute Gasteiger partial charge is 0.461 e. The monoisotopic (exact) mass is 398 g/mol. The zero-order valence-corrected chi connectivity index (χ0v) is 16.5. The molecule has 3 aromatic rings. The van der Waals surface area contributed by atoms with Crippen molar-refractivity contribution in [3.8, 4) is 0 Å². The van der Waals surface area contributed by atoms with E-state index in [1.807, 2.05) is 12.3 Å². The van der Waals surface area contributed by atoms with Crippen LogP contribution in [0.15, 0.2) is 30.6 Å². The quantitative estimate of drug-likeness (QED) is 0.616. The van der Waals surface area contributed by atoms with E-state index in [9.17, 15) is 9.18 Å². The van der Waals surface area contributed by atoms with E-state index in [0.717, 1.165) is 24.3 Å². The molecule has 8 heteroatoms. The van der Waals surface area contributed by atoms with Gasteiger partial charge in [-0.2, -0.15) is 0 Å². The summed E-state index contributed by atoms with van der Waals surface area (Å²) in [5.41, 5.74) is 3.10. The molecule has 0 aliphatic carbocycles. The number of fused-ring (bicyclic) bond motifs is 1. The number of carbonyl (C=O) groups excluding carboxylic acids is 1. The number of rotatable bonds is 5. The number of morpholine rings is 1. The second kappa shape index (κ2) is 8.16. The molecule has 0 atom stereocenters. The summed E-state index contributed by atoms with van der Waals surface area (Å²) >= 11 is 0. The van der Waals surface area contributed by atoms with Crippen molar-refractivity contribution in [1.29, 1.82) is 0 Å². The molecule has 29 heavy (non-hydrogen) atoms. The Morgan fingerprint density at radius 2 is 2.10 bits per heavy atom. The third-order valence-corrected chi connectivity index (χ3v) is 5.15. The summed E-state index contributed by atoms with van der Waals surface area (Å²) in [5.74, 6) is -0.370. The molecule has 0 N–H and O–H groups in total. The first-order valence-electron chi connectivity index (χ1n) is 9.69. The highest BCUT2D eigenvalue weighted by Gasteiger charge is 2.23. The van der Waals surface area contributed by atoms with Crippen molar-refractivity contribution in [2.45, 2.75) is 20.3 Å². The SMILES string of the molecule is CCOC(=O)c1nc2ncc(N3CCOCC3)cn2c1Cc1cccc(F)c1C. The highest BCUT2D eigenvalue weighted by Crippen LogP contribution is 2.23. The van der Waals surface area contributed by atoms with Crippen molar-refractivity contribution in [3.63, 3.8) is 0 Å². The molecule has 0 spiro atoms. The van der Waals surface area contributed by atoms with Gasteiger partial charge in [-0.1, -0.05) is 12.1 Å². The van der Waals surface area contributed by atoms with Gasteiger partial charge in [0, 0.05) is 25.7 Å². The fourth-order valence-electron chi connectivity index (χ4n) is 3.51. The highest BCUT2D eigenvalue weighted by atomic mass is 19.1. The summed E-state index contributed by atoms with van der Waals surface area (Å²) in [6, 6.07) is 4.95. The van der Waals surface area contributed by atoms with Gasteiger partial charge in [-0.25, -0.2) is 19.2 Å². The Labute approximate surface area is 168 Å². The summed E-state index contributed by atoms with van der Waals surface area (Å²) in [6.45, 7) is 6.58. The second-order valence-electron chi connectivity index (χ2n) is 6.91. The van der Waals surface area contributed by atoms with Crippen molar-refractivity contribution in [2.24, 2.45) is 0 Å². The van der Waals surface area contributed by atoms with Gasteiger partial charge in [-0.3, -0.25) is 4.40 Å². The molecule has 0 unspecified atom stereocenters. The van der Waals surface area contributed by atoms with Crippen LogP contribution in [0, 0.1) is 12.7 Å². The number of carbonyl (C=O) groups is 1. The van der Waals surface area contributed by atoms with Crippen molar-refractivity contribution in [2.75, 3.05) is 37.8 Å². The Morgan fingerprint density at radius 3 is 2.86 bits per heavy atom. The van der Waals surface area contributed by atoms with Crippen LogP contribution in [-0.4, -0.2) is 53.2 Å². The van der Waals surface area contributed by atoms with E-state index in [1.54, 1.807) is 30.5 Å². The summed E-state index contributed by atoms with van der Waals surface area (Å²) < 4.78 is 26.5. The van der Waals surface area contributed by atoms with Gasteiger partial charge < -0.3 is 14.4 Å². The fourth-order valence-corrected chi connectivity index (χ4v) is 3.51. The summed E-state index contributed by atoms with van der Waals surface area (Å²) in [5, 5.41) is 0. The van der Waals surface area contributed by atoms with Crippen molar-refractivity contribution < 1.29 is 18.7 Å². The molecule has 7 nitrogen and oxygen atoms in total. The number of esters is 1. The number of anilines is 1. The molecule has 1 aliphatic rings. The molecule has 4 rings (SSSR count). The first-order valence-corrected chi connectivity index (χ1v) is 9.69. The Morgan fingerprint density at radius 1 is 1.31 bits per heavy atom. The number of nitrogens with zero attached hydrogens (tertiary/aromatic N) is 4. The lowest BCUT2D eigenvalue weighted by Crippen LogP contribution is -2.36. The van der Waals surface area contributed by atoms with Crippen LogP contribution in [0.25, 0.3) is 5.78 Å². The first-order chi connectivity index (χ1) is 14.1. The van der Waals surface area contributed by atoms with Crippen LogP contribution in [0.4, 0.5) is 10.1 Å². The molecule has 2 aromatic heterocycles. The van der Waals surface area contributed by atoms with Gasteiger partial charge in [-0.05, 0) is 31.0 Å². The molecule has 0 bridgehead atoms. The molecular formula is C21H23FN4O3. The smallest absolute Gasteiger partial charge is 0.358 e. The van der Waals surface area contributed by atoms with Crippen LogP contribution in [0.2, 0.25) is 0 Å². The Kier molecular flexibility index (Phi) is 5.44. The first kappa shape index (κ1) is 19.3. The number of hydrogen-bond acceptors (Lipinski definition) is 6. The maximum Gasteiger partial charge on any atom is 0.358 e. The molecule has 0 radical (unpaired) electrons. The zero-order valence-electron chi connectivity index (χ0n) is 16.5. The van der Waals surface area contributed by atoms with Gasteiger partial charge in [0.1, 0.15) is 5.82 Å². The predicted molar refractivity (Wildman–Crippen MR) is 106 cm³/mol. The lowest BCUT2D eigenvalue weighted by atomic mass is 10.0. The average Bonchev–Trinajstić information content (AvgIpc) is 3.10. The molecule has 1 aromatic carbocycles. The third-order valence-electron chi connectivity index (χ3n) is 5.15. The number of imidazole rings is 1. The molecule has 1 aliphatic heterocycles. The molecule has 3 heterocycles. The molecule has 0 amide bonds. The van der Waals surface area contributed by atoms with E-state index in [0.29, 0.717) is 36.7 Å². The highest BCUT2D eigenvalue weighted by molar-refractivity contribution is 5.89. The van der Waals surface area contributed by atoms with E-state index in [-0.39, 0.29) is 18.1 Å². The molecule has 152 valence electrons. The lowest BCUT2D eigenvalue weighted by Gasteiger charge is -2.28. The minimum atomic E-state index is -0.505. The molecular weight excluding hydrogens is 375 g/mol. The number of ether oxygens (including phenoxy) is 2. The van der Waals surface area contributed by atoms with Gasteiger partial charge in [0.25, 0.3) is 0 Å². The predicted octanol–water partition coefficient (Wildman–Crippen LogP) is 2.78. The number of benzene rings is 1. The van der Waals surface area contributed by atoms with Crippen molar-refractivity contribution >= 4 is 17.4 Å². The zero-order chi connectivity index (χ0) is 20.4. The van der Waals surface area contributed by atoms with E-state index in [2.05, 4.69) is 14.9 Å². The average molecular weight is 398 g/mol. The molecule has 1 fully saturated rings. The normalized spacial score (nSPS) is 14.4. The van der Waals surface area contributed by atoms with Crippen LogP contribution in [0.1, 0.15) is 34.2 Å². The Bertz CT molecular complexity index is 1040. The standard InChI is InChI=1S/C21H23FN4O3/c1-3-29-20(27)19-18(11-15-5-4-6-17(22)14(15)2)26-13-16(12-23-21(26)24-19)25-7-9-28-10-8-25/h4-6,12-13H,3,7-11H2,1-2H3. The molecule has 1 saturated heterocycles. The lowest BCUT2D eigenvalue weighted by molar-refractivity contribution is 0.0519. The van der Waals surface area contributed by atoms with Crippen LogP contribution < -0.4 is 4.90 Å².